The lowest BCUT2D eigenvalue weighted by Crippen LogP contribution is -2.64. The summed E-state index contributed by atoms with van der Waals surface area (Å²) in [6.45, 7) is 9.94. The highest BCUT2D eigenvalue weighted by Gasteiger charge is 2.65. The van der Waals surface area contributed by atoms with E-state index in [9.17, 15) is 20.1 Å². The van der Waals surface area contributed by atoms with Gasteiger partial charge in [0, 0.05) is 4.91 Å². The van der Waals surface area contributed by atoms with Crippen molar-refractivity contribution in [3.63, 3.8) is 0 Å². The van der Waals surface area contributed by atoms with Crippen molar-refractivity contribution in [2.24, 2.45) is 51.5 Å². The first-order valence-electron chi connectivity index (χ1n) is 16.5. The van der Waals surface area contributed by atoms with E-state index in [-0.39, 0.29) is 53.1 Å². The number of rotatable bonds is 12. The summed E-state index contributed by atoms with van der Waals surface area (Å²) in [5.41, 5.74) is 14.8. The molecule has 42 heavy (non-hydrogen) atoms. The molecular weight excluding hydrogens is 534 g/mol. The smallest absolute Gasteiger partial charge is 0.237 e. The minimum atomic E-state index is -0.748. The number of aliphatic hydroxyl groups is 3. The molecule has 5 fully saturated rings. The molecule has 5 aliphatic rings. The molecule has 12 atom stereocenters. The van der Waals surface area contributed by atoms with Gasteiger partial charge in [-0.25, -0.2) is 10.9 Å². The summed E-state index contributed by atoms with van der Waals surface area (Å²) in [7, 11) is 0. The summed E-state index contributed by atoms with van der Waals surface area (Å²) in [5.74, 6) is 1.93. The first-order chi connectivity index (χ1) is 19.9. The number of aliphatic hydroxyl groups excluding tert-OH is 3. The Morgan fingerprint density at radius 3 is 2.43 bits per heavy atom. The van der Waals surface area contributed by atoms with E-state index in [4.69, 9.17) is 5.53 Å². The number of hydrogen-bond acceptors (Lipinski definition) is 8. The summed E-state index contributed by atoms with van der Waals surface area (Å²) in [4.78, 5) is 15.5. The van der Waals surface area contributed by atoms with E-state index >= 15 is 0 Å². The van der Waals surface area contributed by atoms with Gasteiger partial charge in [-0.05, 0) is 136 Å². The fourth-order valence-corrected chi connectivity index (χ4v) is 10.4. The van der Waals surface area contributed by atoms with Crippen LogP contribution in [0, 0.1) is 46.3 Å². The number of hydrazine groups is 1. The summed E-state index contributed by atoms with van der Waals surface area (Å²) >= 11 is 0. The molecule has 1 heterocycles. The second-order valence-corrected chi connectivity index (χ2v) is 15.2. The largest absolute Gasteiger partial charge is 0.393 e. The minimum Gasteiger partial charge on any atom is -0.393 e. The van der Waals surface area contributed by atoms with Gasteiger partial charge in [0.1, 0.15) is 0 Å². The Morgan fingerprint density at radius 1 is 1.00 bits per heavy atom. The molecular formula is C31H55N7O4. The summed E-state index contributed by atoms with van der Waals surface area (Å²) in [5, 5.41) is 42.8. The average Bonchev–Trinajstić information content (AvgIpc) is 3.59. The summed E-state index contributed by atoms with van der Waals surface area (Å²) < 4.78 is 0. The number of hydrogen-bond donors (Lipinski definition) is 7. The van der Waals surface area contributed by atoms with Crippen molar-refractivity contribution < 1.29 is 20.1 Å². The second kappa shape index (κ2) is 12.5. The van der Waals surface area contributed by atoms with Crippen LogP contribution in [0.5, 0.6) is 0 Å². The molecule has 0 aromatic carbocycles. The van der Waals surface area contributed by atoms with E-state index in [0.29, 0.717) is 36.5 Å². The van der Waals surface area contributed by atoms with Gasteiger partial charge in [-0.3, -0.25) is 4.79 Å². The zero-order chi connectivity index (χ0) is 30.3. The van der Waals surface area contributed by atoms with E-state index in [0.717, 1.165) is 51.5 Å². The van der Waals surface area contributed by atoms with Crippen molar-refractivity contribution in [1.29, 1.82) is 0 Å². The van der Waals surface area contributed by atoms with Crippen LogP contribution in [0.2, 0.25) is 0 Å². The maximum absolute atomic E-state index is 12.7. The number of carbonyl (C=O) groups excluding carboxylic acids is 1. The molecule has 4 saturated carbocycles. The fraction of sp³-hybridized carbons (Fsp3) is 0.968. The summed E-state index contributed by atoms with van der Waals surface area (Å²) in [6.07, 6.45) is 8.63. The Hall–Kier alpha value is -1.46. The molecule has 0 aromatic heterocycles. The molecule has 0 spiro atoms. The predicted octanol–water partition coefficient (Wildman–Crippen LogP) is 3.31. The number of carbonyl (C=O) groups is 1. The Bertz CT molecular complexity index is 1020. The third-order valence-corrected chi connectivity index (χ3v) is 12.9. The zero-order valence-corrected chi connectivity index (χ0v) is 26.1. The third kappa shape index (κ3) is 6.08. The Balaban J connectivity index is 1.17. The minimum absolute atomic E-state index is 0.00785. The molecule has 11 nitrogen and oxygen atoms in total. The van der Waals surface area contributed by atoms with E-state index in [1.807, 2.05) is 0 Å². The van der Waals surface area contributed by atoms with E-state index < -0.39 is 12.2 Å². The Morgan fingerprint density at radius 2 is 1.71 bits per heavy atom. The molecule has 1 aliphatic heterocycles. The Kier molecular flexibility index (Phi) is 9.51. The number of azide groups is 1. The van der Waals surface area contributed by atoms with Crippen molar-refractivity contribution >= 4 is 5.91 Å². The van der Waals surface area contributed by atoms with Crippen LogP contribution in [-0.2, 0) is 4.79 Å². The lowest BCUT2D eigenvalue weighted by Gasteiger charge is -2.63. The SMILES string of the molecule is CC(CCCNC(CCC1(C)NN1)C(=O)NCN=[N+]=[N-])C1CCC2C3C(O)C(O)C4CC(O)CCC4(C)C3CCC12C. The second-order valence-electron chi connectivity index (χ2n) is 15.2. The normalized spacial score (nSPS) is 43.2. The lowest BCUT2D eigenvalue weighted by molar-refractivity contribution is -0.223. The molecule has 1 saturated heterocycles. The average molecular weight is 590 g/mol. The lowest BCUT2D eigenvalue weighted by atomic mass is 9.43. The molecule has 238 valence electrons. The highest BCUT2D eigenvalue weighted by atomic mass is 16.3. The summed E-state index contributed by atoms with van der Waals surface area (Å²) in [6, 6.07) is -0.343. The highest BCUT2D eigenvalue weighted by Crippen LogP contribution is 2.68. The van der Waals surface area contributed by atoms with E-state index in [2.05, 4.69) is 59.2 Å². The van der Waals surface area contributed by atoms with Gasteiger partial charge < -0.3 is 26.0 Å². The third-order valence-electron chi connectivity index (χ3n) is 12.9. The van der Waals surface area contributed by atoms with Crippen LogP contribution in [0.1, 0.15) is 98.3 Å². The van der Waals surface area contributed by atoms with Crippen molar-refractivity contribution in [1.82, 2.24) is 21.5 Å². The predicted molar refractivity (Wildman–Crippen MR) is 160 cm³/mol. The van der Waals surface area contributed by atoms with Gasteiger partial charge in [-0.2, -0.15) is 0 Å². The number of nitrogens with one attached hydrogen (secondary N) is 4. The molecule has 5 rings (SSSR count). The maximum atomic E-state index is 12.7. The van der Waals surface area contributed by atoms with Crippen LogP contribution in [0.15, 0.2) is 5.11 Å². The van der Waals surface area contributed by atoms with Crippen LogP contribution in [0.25, 0.3) is 10.4 Å². The number of fused-ring (bicyclic) bond motifs is 5. The van der Waals surface area contributed by atoms with Gasteiger partial charge in [0.05, 0.1) is 36.7 Å². The molecule has 12 unspecified atom stereocenters. The van der Waals surface area contributed by atoms with Crippen LogP contribution in [0.3, 0.4) is 0 Å². The topological polar surface area (TPSA) is 194 Å². The van der Waals surface area contributed by atoms with Crippen LogP contribution in [-0.4, -0.2) is 64.5 Å². The standard InChI is InChI=1S/C31H55N7O4/c1-18(6-5-15-33-24(11-14-31(4)36-37-31)28(42)34-17-35-38-32)20-7-8-21-25-22(10-13-29(20,21)2)30(3)12-9-19(39)16-23(30)26(40)27(25)41/h18-27,33,36-37,39-41H,5-17H2,1-4H3,(H,34,42). The first kappa shape index (κ1) is 31.9. The van der Waals surface area contributed by atoms with Crippen LogP contribution in [0.4, 0.5) is 0 Å². The van der Waals surface area contributed by atoms with Gasteiger partial charge in [0.25, 0.3) is 0 Å². The zero-order valence-electron chi connectivity index (χ0n) is 26.1. The number of amides is 1. The quantitative estimate of drug-likeness (QED) is 0.0596. The van der Waals surface area contributed by atoms with Crippen molar-refractivity contribution in [2.75, 3.05) is 13.2 Å². The molecule has 7 N–H and O–H groups in total. The first-order valence-corrected chi connectivity index (χ1v) is 16.5. The van der Waals surface area contributed by atoms with Gasteiger partial charge in [-0.15, -0.1) is 0 Å². The molecule has 0 aromatic rings. The van der Waals surface area contributed by atoms with Crippen LogP contribution < -0.4 is 21.5 Å². The van der Waals surface area contributed by atoms with E-state index in [1.165, 1.54) is 12.8 Å². The molecule has 0 radical (unpaired) electrons. The van der Waals surface area contributed by atoms with Gasteiger partial charge in [-0.1, -0.05) is 25.9 Å². The fourth-order valence-electron chi connectivity index (χ4n) is 10.4. The molecule has 11 heteroatoms. The van der Waals surface area contributed by atoms with Gasteiger partial charge in [0.2, 0.25) is 5.91 Å². The van der Waals surface area contributed by atoms with Crippen molar-refractivity contribution in [3.05, 3.63) is 10.4 Å². The Labute approximate surface area is 251 Å². The molecule has 0 bridgehead atoms. The van der Waals surface area contributed by atoms with Crippen LogP contribution >= 0.6 is 0 Å². The highest BCUT2D eigenvalue weighted by molar-refractivity contribution is 5.81. The van der Waals surface area contributed by atoms with Crippen molar-refractivity contribution in [3.8, 4) is 0 Å². The number of nitrogens with zero attached hydrogens (tertiary/aromatic N) is 3. The molecule has 1 amide bonds. The maximum Gasteiger partial charge on any atom is 0.237 e. The monoisotopic (exact) mass is 589 g/mol. The molecule has 4 aliphatic carbocycles. The van der Waals surface area contributed by atoms with E-state index in [1.54, 1.807) is 0 Å². The van der Waals surface area contributed by atoms with Crippen molar-refractivity contribution in [2.45, 2.75) is 128 Å². The van der Waals surface area contributed by atoms with Gasteiger partial charge >= 0.3 is 0 Å². The van der Waals surface area contributed by atoms with Gasteiger partial charge in [0.15, 0.2) is 0 Å².